The van der Waals surface area contributed by atoms with Gasteiger partial charge in [0.05, 0.1) is 5.69 Å². The van der Waals surface area contributed by atoms with Crippen LogP contribution in [0.2, 0.25) is 0 Å². The van der Waals surface area contributed by atoms with Gasteiger partial charge in [-0.3, -0.25) is 9.59 Å². The molecule has 0 atom stereocenters. The van der Waals surface area contributed by atoms with Gasteiger partial charge in [-0.2, -0.15) is 5.10 Å². The second-order valence-electron chi connectivity index (χ2n) is 8.18. The van der Waals surface area contributed by atoms with Crippen LogP contribution in [0.3, 0.4) is 0 Å². The van der Waals surface area contributed by atoms with Gasteiger partial charge in [-0.15, -0.1) is 0 Å². The first kappa shape index (κ1) is 23.7. The Morgan fingerprint density at radius 2 is 1.81 bits per heavy atom. The summed E-state index contributed by atoms with van der Waals surface area (Å²) < 4.78 is 14.3. The van der Waals surface area contributed by atoms with Crippen molar-refractivity contribution in [2.45, 2.75) is 60.4 Å². The quantitative estimate of drug-likeness (QED) is 0.273. The summed E-state index contributed by atoms with van der Waals surface area (Å²) >= 11 is 0. The zero-order chi connectivity index (χ0) is 23.4. The molecule has 0 aromatic carbocycles. The maximum absolute atomic E-state index is 12.7. The third-order valence-electron chi connectivity index (χ3n) is 5.83. The van der Waals surface area contributed by atoms with Gasteiger partial charge in [-0.1, -0.05) is 0 Å². The van der Waals surface area contributed by atoms with E-state index in [4.69, 9.17) is 9.47 Å². The predicted molar refractivity (Wildman–Crippen MR) is 121 cm³/mol. The maximum Gasteiger partial charge on any atom is 0.306 e. The molecule has 3 rings (SSSR count). The van der Waals surface area contributed by atoms with E-state index < -0.39 is 5.97 Å². The van der Waals surface area contributed by atoms with E-state index in [0.717, 1.165) is 52.6 Å². The lowest BCUT2D eigenvalue weighted by Crippen LogP contribution is -2.16. The molecule has 0 N–H and O–H groups in total. The van der Waals surface area contributed by atoms with Gasteiger partial charge in [0.1, 0.15) is 0 Å². The van der Waals surface area contributed by atoms with Gasteiger partial charge in [0.15, 0.2) is 12.3 Å². The van der Waals surface area contributed by atoms with Gasteiger partial charge in [-0.05, 0) is 59.1 Å². The molecule has 3 aromatic heterocycles. The molecule has 0 aliphatic heterocycles. The number of carbonyl (C=O) groups is 2. The third-order valence-corrected chi connectivity index (χ3v) is 5.83. The molecule has 0 amide bonds. The third kappa shape index (κ3) is 5.07. The lowest BCUT2D eigenvalue weighted by atomic mass is 10.1. The fourth-order valence-electron chi connectivity index (χ4n) is 4.12. The standard InChI is InChI=1S/C24H32N4O4/c1-15-12-23-25-17(3)20(19(5)28(23)26-15)8-9-24(30)32-14-22(29)21-13-16(2)27(18(21)4)10-7-11-31-6/h12-13H,7-11,14H2,1-6H3. The van der Waals surface area contributed by atoms with Crippen molar-refractivity contribution in [1.82, 2.24) is 19.2 Å². The Balaban J connectivity index is 1.58. The highest BCUT2D eigenvalue weighted by Gasteiger charge is 2.18. The zero-order valence-corrected chi connectivity index (χ0v) is 19.8. The minimum Gasteiger partial charge on any atom is -0.457 e. The fourth-order valence-corrected chi connectivity index (χ4v) is 4.12. The van der Waals surface area contributed by atoms with Crippen LogP contribution < -0.4 is 0 Å². The fraction of sp³-hybridized carbons (Fsp3) is 0.500. The molecule has 172 valence electrons. The Hall–Kier alpha value is -3.00. The van der Waals surface area contributed by atoms with Crippen molar-refractivity contribution in [3.05, 3.63) is 51.7 Å². The van der Waals surface area contributed by atoms with E-state index in [1.54, 1.807) is 11.6 Å². The van der Waals surface area contributed by atoms with E-state index in [1.165, 1.54) is 0 Å². The summed E-state index contributed by atoms with van der Waals surface area (Å²) in [5, 5.41) is 4.46. The van der Waals surface area contributed by atoms with Gasteiger partial charge in [0.2, 0.25) is 5.78 Å². The highest BCUT2D eigenvalue weighted by Crippen LogP contribution is 2.18. The molecular weight excluding hydrogens is 408 g/mol. The molecule has 8 heteroatoms. The summed E-state index contributed by atoms with van der Waals surface area (Å²) in [4.78, 5) is 29.6. The molecule has 0 unspecified atom stereocenters. The number of fused-ring (bicyclic) bond motifs is 1. The zero-order valence-electron chi connectivity index (χ0n) is 19.8. The molecule has 0 saturated carbocycles. The van der Waals surface area contributed by atoms with Crippen molar-refractivity contribution in [3.63, 3.8) is 0 Å². The van der Waals surface area contributed by atoms with Crippen LogP contribution in [0, 0.1) is 34.6 Å². The van der Waals surface area contributed by atoms with E-state index in [-0.39, 0.29) is 18.8 Å². The number of hydrogen-bond acceptors (Lipinski definition) is 6. The molecule has 0 aliphatic rings. The number of esters is 1. The highest BCUT2D eigenvalue weighted by atomic mass is 16.5. The lowest BCUT2D eigenvalue weighted by Gasteiger charge is -2.11. The second kappa shape index (κ2) is 10.1. The predicted octanol–water partition coefficient (Wildman–Crippen LogP) is 3.47. The first-order valence-corrected chi connectivity index (χ1v) is 10.9. The van der Waals surface area contributed by atoms with E-state index in [0.29, 0.717) is 18.6 Å². The number of Topliss-reactive ketones (excluding diaryl/α,β-unsaturated/α-hetero) is 1. The first-order chi connectivity index (χ1) is 15.2. The summed E-state index contributed by atoms with van der Waals surface area (Å²) in [6.45, 7) is 10.9. The second-order valence-corrected chi connectivity index (χ2v) is 8.18. The van der Waals surface area contributed by atoms with Crippen LogP contribution in [0.5, 0.6) is 0 Å². The van der Waals surface area contributed by atoms with Crippen LogP contribution in [0.4, 0.5) is 0 Å². The Morgan fingerprint density at radius 3 is 2.53 bits per heavy atom. The molecule has 0 spiro atoms. The van der Waals surface area contributed by atoms with Crippen LogP contribution in [-0.4, -0.2) is 51.2 Å². The highest BCUT2D eigenvalue weighted by molar-refractivity contribution is 5.99. The number of hydrogen-bond donors (Lipinski definition) is 0. The molecule has 0 aliphatic carbocycles. The van der Waals surface area contributed by atoms with Gasteiger partial charge in [0, 0.05) is 61.1 Å². The molecule has 0 bridgehead atoms. The first-order valence-electron chi connectivity index (χ1n) is 10.9. The van der Waals surface area contributed by atoms with Crippen LogP contribution in [0.15, 0.2) is 12.1 Å². The Labute approximate surface area is 188 Å². The van der Waals surface area contributed by atoms with Crippen molar-refractivity contribution in [3.8, 4) is 0 Å². The topological polar surface area (TPSA) is 87.7 Å². The van der Waals surface area contributed by atoms with Crippen molar-refractivity contribution < 1.29 is 19.1 Å². The van der Waals surface area contributed by atoms with Gasteiger partial charge >= 0.3 is 5.97 Å². The average Bonchev–Trinajstić information content (AvgIpc) is 3.25. The summed E-state index contributed by atoms with van der Waals surface area (Å²) in [6.07, 6.45) is 1.53. The van der Waals surface area contributed by atoms with Crippen LogP contribution in [-0.2, 0) is 27.2 Å². The van der Waals surface area contributed by atoms with Gasteiger partial charge in [-0.25, -0.2) is 9.50 Å². The normalized spacial score (nSPS) is 11.3. The molecule has 0 radical (unpaired) electrons. The van der Waals surface area contributed by atoms with Gasteiger partial charge in [0.25, 0.3) is 0 Å². The SMILES string of the molecule is COCCCn1c(C)cc(C(=O)COC(=O)CCc2c(C)nc3cc(C)nn3c2C)c1C. The monoisotopic (exact) mass is 440 g/mol. The molecule has 8 nitrogen and oxygen atoms in total. The van der Waals surface area contributed by atoms with E-state index in [9.17, 15) is 9.59 Å². The number of methoxy groups -OCH3 is 1. The molecule has 3 heterocycles. The number of nitrogens with zero attached hydrogens (tertiary/aromatic N) is 4. The Kier molecular flexibility index (Phi) is 7.45. The average molecular weight is 441 g/mol. The number of ketones is 1. The smallest absolute Gasteiger partial charge is 0.306 e. The largest absolute Gasteiger partial charge is 0.457 e. The van der Waals surface area contributed by atoms with Crippen LogP contribution >= 0.6 is 0 Å². The maximum atomic E-state index is 12.7. The van der Waals surface area contributed by atoms with Gasteiger partial charge < -0.3 is 14.0 Å². The number of ether oxygens (including phenoxy) is 2. The number of aryl methyl sites for hydroxylation is 4. The summed E-state index contributed by atoms with van der Waals surface area (Å²) in [6, 6.07) is 3.79. The molecular formula is C24H32N4O4. The van der Waals surface area contributed by atoms with Crippen LogP contribution in [0.25, 0.3) is 5.65 Å². The van der Waals surface area contributed by atoms with Crippen molar-refractivity contribution in [2.75, 3.05) is 20.3 Å². The molecule has 3 aromatic rings. The Morgan fingerprint density at radius 1 is 1.06 bits per heavy atom. The minimum absolute atomic E-state index is 0.179. The summed E-state index contributed by atoms with van der Waals surface area (Å²) in [7, 11) is 1.68. The van der Waals surface area contributed by atoms with Crippen molar-refractivity contribution in [1.29, 1.82) is 0 Å². The molecule has 0 fully saturated rings. The lowest BCUT2D eigenvalue weighted by molar-refractivity contribution is -0.142. The Bertz CT molecular complexity index is 1140. The number of rotatable bonds is 10. The number of aromatic nitrogens is 4. The van der Waals surface area contributed by atoms with Crippen LogP contribution in [0.1, 0.15) is 57.2 Å². The van der Waals surface area contributed by atoms with Crippen molar-refractivity contribution >= 4 is 17.4 Å². The number of carbonyl (C=O) groups excluding carboxylic acids is 2. The minimum atomic E-state index is -0.400. The van der Waals surface area contributed by atoms with E-state index in [2.05, 4.69) is 14.6 Å². The van der Waals surface area contributed by atoms with Crippen molar-refractivity contribution in [2.24, 2.45) is 0 Å². The van der Waals surface area contributed by atoms with E-state index >= 15 is 0 Å². The molecule has 32 heavy (non-hydrogen) atoms. The summed E-state index contributed by atoms with van der Waals surface area (Å²) in [5.74, 6) is -0.588. The summed E-state index contributed by atoms with van der Waals surface area (Å²) in [5.41, 5.74) is 7.01. The molecule has 0 saturated heterocycles. The van der Waals surface area contributed by atoms with E-state index in [1.807, 2.05) is 46.8 Å².